The Morgan fingerprint density at radius 2 is 2.36 bits per heavy atom. The fraction of sp³-hybridized carbons (Fsp3) is 0.500. The summed E-state index contributed by atoms with van der Waals surface area (Å²) in [5.41, 5.74) is 0.739. The van der Waals surface area contributed by atoms with Gasteiger partial charge in [-0.3, -0.25) is 4.79 Å². The van der Waals surface area contributed by atoms with Crippen LogP contribution in [-0.2, 0) is 0 Å². The maximum atomic E-state index is 11.5. The Balaban J connectivity index is 2.86. The topological polar surface area (TPSA) is 49.3 Å². The fourth-order valence-electron chi connectivity index (χ4n) is 1.23. The van der Waals surface area contributed by atoms with Crippen molar-refractivity contribution in [3.8, 4) is 0 Å². The number of aliphatic hydroxyl groups excluding tert-OH is 1. The molecule has 1 atom stereocenters. The lowest BCUT2D eigenvalue weighted by Crippen LogP contribution is -2.23. The summed E-state index contributed by atoms with van der Waals surface area (Å²) in [6, 6.07) is 1.81. The van der Waals surface area contributed by atoms with Crippen LogP contribution in [0.5, 0.6) is 0 Å². The van der Waals surface area contributed by atoms with E-state index in [1.165, 1.54) is 11.3 Å². The summed E-state index contributed by atoms with van der Waals surface area (Å²) in [5.74, 6) is -0.0926. The van der Waals surface area contributed by atoms with E-state index < -0.39 is 6.10 Å². The van der Waals surface area contributed by atoms with Gasteiger partial charge in [-0.2, -0.15) is 0 Å². The first-order chi connectivity index (χ1) is 6.70. The number of aliphatic hydroxyl groups is 1. The third-order valence-electron chi connectivity index (χ3n) is 1.98. The minimum Gasteiger partial charge on any atom is -0.388 e. The summed E-state index contributed by atoms with van der Waals surface area (Å²) >= 11 is 1.37. The largest absolute Gasteiger partial charge is 0.388 e. The highest BCUT2D eigenvalue weighted by Gasteiger charge is 2.16. The van der Waals surface area contributed by atoms with Crippen LogP contribution in [0, 0.1) is 0 Å². The van der Waals surface area contributed by atoms with Crippen molar-refractivity contribution in [3.05, 3.63) is 21.9 Å². The van der Waals surface area contributed by atoms with Gasteiger partial charge in [0, 0.05) is 12.1 Å². The SMILES string of the molecule is CCNC(=O)c1sccc1C(O)CC. The highest BCUT2D eigenvalue weighted by atomic mass is 32.1. The minimum absolute atomic E-state index is 0.0926. The van der Waals surface area contributed by atoms with Crippen LogP contribution in [0.3, 0.4) is 0 Å². The van der Waals surface area contributed by atoms with Gasteiger partial charge in [-0.05, 0) is 24.8 Å². The van der Waals surface area contributed by atoms with E-state index >= 15 is 0 Å². The molecule has 0 aromatic carbocycles. The van der Waals surface area contributed by atoms with Crippen LogP contribution in [-0.4, -0.2) is 17.6 Å². The molecule has 1 amide bonds. The second-order valence-corrected chi connectivity index (χ2v) is 3.90. The minimum atomic E-state index is -0.529. The predicted octanol–water partition coefficient (Wildman–Crippen LogP) is 1.94. The zero-order chi connectivity index (χ0) is 10.6. The number of hydrogen-bond donors (Lipinski definition) is 2. The molecule has 0 fully saturated rings. The molecule has 0 aliphatic rings. The van der Waals surface area contributed by atoms with Gasteiger partial charge in [0.2, 0.25) is 0 Å². The van der Waals surface area contributed by atoms with Gasteiger partial charge >= 0.3 is 0 Å². The first-order valence-corrected chi connectivity index (χ1v) is 5.62. The number of carbonyl (C=O) groups is 1. The van der Waals surface area contributed by atoms with Crippen LogP contribution >= 0.6 is 11.3 Å². The van der Waals surface area contributed by atoms with Gasteiger partial charge in [0.25, 0.3) is 5.91 Å². The summed E-state index contributed by atoms with van der Waals surface area (Å²) in [6.07, 6.45) is 0.0993. The number of carbonyl (C=O) groups excluding carboxylic acids is 1. The average molecular weight is 213 g/mol. The van der Waals surface area contributed by atoms with Gasteiger partial charge in [-0.1, -0.05) is 6.92 Å². The number of nitrogens with one attached hydrogen (secondary N) is 1. The normalized spacial score (nSPS) is 12.5. The van der Waals surface area contributed by atoms with Crippen LogP contribution in [0.1, 0.15) is 41.6 Å². The monoisotopic (exact) mass is 213 g/mol. The molecule has 78 valence electrons. The predicted molar refractivity (Wildman–Crippen MR) is 57.6 cm³/mol. The van der Waals surface area contributed by atoms with Crippen LogP contribution in [0.2, 0.25) is 0 Å². The molecule has 1 rings (SSSR count). The number of rotatable bonds is 4. The van der Waals surface area contributed by atoms with E-state index in [1.807, 2.05) is 25.3 Å². The fourth-order valence-corrected chi connectivity index (χ4v) is 2.10. The van der Waals surface area contributed by atoms with Gasteiger partial charge in [0.05, 0.1) is 11.0 Å². The van der Waals surface area contributed by atoms with Gasteiger partial charge in [0.15, 0.2) is 0 Å². The van der Waals surface area contributed by atoms with E-state index in [-0.39, 0.29) is 5.91 Å². The van der Waals surface area contributed by atoms with Crippen molar-refractivity contribution in [3.63, 3.8) is 0 Å². The van der Waals surface area contributed by atoms with Crippen molar-refractivity contribution in [1.29, 1.82) is 0 Å². The lowest BCUT2D eigenvalue weighted by Gasteiger charge is -2.08. The molecule has 1 unspecified atom stereocenters. The van der Waals surface area contributed by atoms with E-state index in [0.717, 1.165) is 5.56 Å². The average Bonchev–Trinajstić information content (AvgIpc) is 2.65. The molecule has 1 aromatic rings. The van der Waals surface area contributed by atoms with Crippen molar-refractivity contribution in [1.82, 2.24) is 5.32 Å². The molecule has 0 aliphatic carbocycles. The first kappa shape index (κ1) is 11.2. The van der Waals surface area contributed by atoms with Crippen molar-refractivity contribution < 1.29 is 9.90 Å². The molecule has 14 heavy (non-hydrogen) atoms. The van der Waals surface area contributed by atoms with Gasteiger partial charge in [-0.15, -0.1) is 11.3 Å². The van der Waals surface area contributed by atoms with Crippen molar-refractivity contribution in [2.24, 2.45) is 0 Å². The van der Waals surface area contributed by atoms with Crippen LogP contribution in [0.4, 0.5) is 0 Å². The maximum Gasteiger partial charge on any atom is 0.261 e. The molecule has 2 N–H and O–H groups in total. The molecule has 4 heteroatoms. The standard InChI is InChI=1S/C10H15NO2S/c1-3-8(12)7-5-6-14-9(7)10(13)11-4-2/h5-6,8,12H,3-4H2,1-2H3,(H,11,13). The second-order valence-electron chi connectivity index (χ2n) is 2.99. The highest BCUT2D eigenvalue weighted by molar-refractivity contribution is 7.12. The van der Waals surface area contributed by atoms with Gasteiger partial charge < -0.3 is 10.4 Å². The smallest absolute Gasteiger partial charge is 0.261 e. The van der Waals surface area contributed by atoms with E-state index in [0.29, 0.717) is 17.8 Å². The molecule has 0 radical (unpaired) electrons. The molecule has 0 bridgehead atoms. The lowest BCUT2D eigenvalue weighted by atomic mass is 10.1. The summed E-state index contributed by atoms with van der Waals surface area (Å²) in [7, 11) is 0. The third kappa shape index (κ3) is 2.33. The van der Waals surface area contributed by atoms with E-state index in [9.17, 15) is 9.90 Å². The van der Waals surface area contributed by atoms with Gasteiger partial charge in [0.1, 0.15) is 0 Å². The Kier molecular flexibility index (Phi) is 4.10. The summed E-state index contributed by atoms with van der Waals surface area (Å²) in [4.78, 5) is 12.2. The lowest BCUT2D eigenvalue weighted by molar-refractivity contribution is 0.0952. The Morgan fingerprint density at radius 3 is 2.93 bits per heavy atom. The Morgan fingerprint density at radius 1 is 1.64 bits per heavy atom. The molecular weight excluding hydrogens is 198 g/mol. The highest BCUT2D eigenvalue weighted by Crippen LogP contribution is 2.25. The molecule has 1 heterocycles. The second kappa shape index (κ2) is 5.12. The summed E-state index contributed by atoms with van der Waals surface area (Å²) in [6.45, 7) is 4.38. The van der Waals surface area contributed by atoms with Gasteiger partial charge in [-0.25, -0.2) is 0 Å². The number of hydrogen-bond acceptors (Lipinski definition) is 3. The summed E-state index contributed by atoms with van der Waals surface area (Å²) < 4.78 is 0. The molecule has 3 nitrogen and oxygen atoms in total. The molecule has 0 saturated heterocycles. The Labute approximate surface area is 87.8 Å². The maximum absolute atomic E-state index is 11.5. The van der Waals surface area contributed by atoms with Crippen molar-refractivity contribution in [2.45, 2.75) is 26.4 Å². The van der Waals surface area contributed by atoms with E-state index in [1.54, 1.807) is 0 Å². The Bertz CT molecular complexity index is 309. The zero-order valence-electron chi connectivity index (χ0n) is 8.41. The number of thiophene rings is 1. The molecule has 0 saturated carbocycles. The van der Waals surface area contributed by atoms with Crippen LogP contribution < -0.4 is 5.32 Å². The number of amides is 1. The zero-order valence-corrected chi connectivity index (χ0v) is 9.23. The quantitative estimate of drug-likeness (QED) is 0.803. The molecule has 0 spiro atoms. The Hall–Kier alpha value is -0.870. The van der Waals surface area contributed by atoms with E-state index in [4.69, 9.17) is 0 Å². The van der Waals surface area contributed by atoms with Crippen LogP contribution in [0.15, 0.2) is 11.4 Å². The van der Waals surface area contributed by atoms with Crippen molar-refractivity contribution >= 4 is 17.2 Å². The van der Waals surface area contributed by atoms with Crippen LogP contribution in [0.25, 0.3) is 0 Å². The first-order valence-electron chi connectivity index (χ1n) is 4.74. The van der Waals surface area contributed by atoms with Crippen molar-refractivity contribution in [2.75, 3.05) is 6.54 Å². The molecular formula is C10H15NO2S. The molecule has 1 aromatic heterocycles. The third-order valence-corrected chi connectivity index (χ3v) is 2.91. The van der Waals surface area contributed by atoms with E-state index in [2.05, 4.69) is 5.32 Å². The molecule has 0 aliphatic heterocycles. The summed E-state index contributed by atoms with van der Waals surface area (Å²) in [5, 5.41) is 14.2.